The van der Waals surface area contributed by atoms with Crippen molar-refractivity contribution in [2.45, 2.75) is 31.2 Å². The van der Waals surface area contributed by atoms with Crippen molar-refractivity contribution in [3.05, 3.63) is 53.7 Å². The van der Waals surface area contributed by atoms with Gasteiger partial charge in [0, 0.05) is 25.3 Å². The molecule has 0 unspecified atom stereocenters. The molecule has 1 aliphatic heterocycles. The first-order chi connectivity index (χ1) is 11.1. The Bertz CT molecular complexity index is 767. The van der Waals surface area contributed by atoms with Crippen LogP contribution in [0.15, 0.2) is 47.4 Å². The molecule has 3 rings (SSSR count). The Hall–Kier alpha value is -1.92. The van der Waals surface area contributed by atoms with E-state index in [4.69, 9.17) is 0 Å². The highest BCUT2D eigenvalue weighted by molar-refractivity contribution is 7.89. The highest BCUT2D eigenvalue weighted by Gasteiger charge is 2.26. The van der Waals surface area contributed by atoms with Gasteiger partial charge in [-0.1, -0.05) is 18.2 Å². The van der Waals surface area contributed by atoms with E-state index in [1.54, 1.807) is 16.4 Å². The summed E-state index contributed by atoms with van der Waals surface area (Å²) >= 11 is 0. The second-order valence-electron chi connectivity index (χ2n) is 5.77. The minimum atomic E-state index is -3.33. The topological polar surface area (TPSA) is 62.3 Å². The van der Waals surface area contributed by atoms with Crippen LogP contribution in [0.3, 0.4) is 0 Å². The molecule has 6 heteroatoms. The fourth-order valence-electron chi connectivity index (χ4n) is 2.69. The van der Waals surface area contributed by atoms with Gasteiger partial charge in [0.25, 0.3) is 0 Å². The average Bonchev–Trinajstić information content (AvgIpc) is 3.09. The summed E-state index contributed by atoms with van der Waals surface area (Å²) < 4.78 is 26.5. The molecule has 2 heterocycles. The number of hydrogen-bond donors (Lipinski definition) is 1. The van der Waals surface area contributed by atoms with Crippen molar-refractivity contribution in [3.8, 4) is 0 Å². The molecule has 2 aromatic rings. The van der Waals surface area contributed by atoms with Crippen molar-refractivity contribution in [3.63, 3.8) is 0 Å². The molecule has 5 nitrogen and oxygen atoms in total. The molecule has 23 heavy (non-hydrogen) atoms. The SMILES string of the molecule is Cc1cccc(NCc2ccc(S(=O)(=O)N3CCCC3)cc2)n1. The van der Waals surface area contributed by atoms with Gasteiger partial charge in [0.05, 0.1) is 4.90 Å². The van der Waals surface area contributed by atoms with E-state index in [1.165, 1.54) is 0 Å². The van der Waals surface area contributed by atoms with Crippen molar-refractivity contribution in [1.29, 1.82) is 0 Å². The van der Waals surface area contributed by atoms with E-state index in [1.807, 2.05) is 37.3 Å². The fraction of sp³-hybridized carbons (Fsp3) is 0.353. The van der Waals surface area contributed by atoms with Crippen molar-refractivity contribution in [2.75, 3.05) is 18.4 Å². The molecule has 0 atom stereocenters. The zero-order chi connectivity index (χ0) is 16.3. The minimum Gasteiger partial charge on any atom is -0.366 e. The summed E-state index contributed by atoms with van der Waals surface area (Å²) in [6.07, 6.45) is 1.90. The number of rotatable bonds is 5. The highest BCUT2D eigenvalue weighted by atomic mass is 32.2. The van der Waals surface area contributed by atoms with Crippen LogP contribution < -0.4 is 5.32 Å². The molecule has 0 saturated carbocycles. The number of nitrogens with one attached hydrogen (secondary N) is 1. The summed E-state index contributed by atoms with van der Waals surface area (Å²) in [5.74, 6) is 0.818. The molecule has 1 aromatic heterocycles. The summed E-state index contributed by atoms with van der Waals surface area (Å²) in [5.41, 5.74) is 1.98. The first kappa shape index (κ1) is 16.0. The molecule has 0 amide bonds. The van der Waals surface area contributed by atoms with Gasteiger partial charge in [0.15, 0.2) is 0 Å². The van der Waals surface area contributed by atoms with Crippen LogP contribution in [0, 0.1) is 6.92 Å². The first-order valence-corrected chi connectivity index (χ1v) is 9.26. The van der Waals surface area contributed by atoms with E-state index in [0.29, 0.717) is 24.5 Å². The van der Waals surface area contributed by atoms with E-state index in [-0.39, 0.29) is 0 Å². The molecule has 0 aliphatic carbocycles. The van der Waals surface area contributed by atoms with Gasteiger partial charge >= 0.3 is 0 Å². The summed E-state index contributed by atoms with van der Waals surface area (Å²) in [5, 5.41) is 3.24. The first-order valence-electron chi connectivity index (χ1n) is 7.82. The number of nitrogens with zero attached hydrogens (tertiary/aromatic N) is 2. The molecule has 1 aliphatic rings. The standard InChI is InChI=1S/C17H21N3O2S/c1-14-5-4-6-17(19-14)18-13-15-7-9-16(10-8-15)23(21,22)20-11-2-3-12-20/h4-10H,2-3,11-13H2,1H3,(H,18,19). The smallest absolute Gasteiger partial charge is 0.243 e. The highest BCUT2D eigenvalue weighted by Crippen LogP contribution is 2.21. The van der Waals surface area contributed by atoms with Crippen LogP contribution >= 0.6 is 0 Å². The summed E-state index contributed by atoms with van der Waals surface area (Å²) in [6, 6.07) is 12.9. The molecule has 0 bridgehead atoms. The van der Waals surface area contributed by atoms with Crippen LogP contribution in [0.25, 0.3) is 0 Å². The Morgan fingerprint density at radius 2 is 1.78 bits per heavy atom. The van der Waals surface area contributed by atoms with Crippen LogP contribution in [-0.4, -0.2) is 30.8 Å². The zero-order valence-corrected chi connectivity index (χ0v) is 14.0. The summed E-state index contributed by atoms with van der Waals surface area (Å²) in [7, 11) is -3.33. The van der Waals surface area contributed by atoms with Crippen LogP contribution in [0.2, 0.25) is 0 Å². The second-order valence-corrected chi connectivity index (χ2v) is 7.71. The molecule has 1 saturated heterocycles. The maximum atomic E-state index is 12.5. The third-order valence-corrected chi connectivity index (χ3v) is 5.90. The quantitative estimate of drug-likeness (QED) is 0.915. The van der Waals surface area contributed by atoms with E-state index >= 15 is 0 Å². The van der Waals surface area contributed by atoms with Crippen molar-refractivity contribution < 1.29 is 8.42 Å². The van der Waals surface area contributed by atoms with Crippen LogP contribution in [0.1, 0.15) is 24.1 Å². The number of aryl methyl sites for hydroxylation is 1. The number of hydrogen-bond acceptors (Lipinski definition) is 4. The lowest BCUT2D eigenvalue weighted by atomic mass is 10.2. The average molecular weight is 331 g/mol. The monoisotopic (exact) mass is 331 g/mol. The summed E-state index contributed by atoms with van der Waals surface area (Å²) in [4.78, 5) is 4.76. The van der Waals surface area contributed by atoms with Crippen molar-refractivity contribution in [2.24, 2.45) is 0 Å². The maximum absolute atomic E-state index is 12.5. The van der Waals surface area contributed by atoms with Gasteiger partial charge in [-0.25, -0.2) is 13.4 Å². The molecule has 1 N–H and O–H groups in total. The van der Waals surface area contributed by atoms with Gasteiger partial charge in [-0.2, -0.15) is 4.31 Å². The molecule has 1 fully saturated rings. The lowest BCUT2D eigenvalue weighted by molar-refractivity contribution is 0.477. The third-order valence-electron chi connectivity index (χ3n) is 3.99. The Labute approximate surface area is 137 Å². The van der Waals surface area contributed by atoms with E-state index in [2.05, 4.69) is 10.3 Å². The maximum Gasteiger partial charge on any atom is 0.243 e. The van der Waals surface area contributed by atoms with E-state index < -0.39 is 10.0 Å². The number of anilines is 1. The van der Waals surface area contributed by atoms with Gasteiger partial charge < -0.3 is 5.32 Å². The summed E-state index contributed by atoms with van der Waals surface area (Å²) in [6.45, 7) is 3.82. The number of benzene rings is 1. The molecule has 122 valence electrons. The molecule has 1 aromatic carbocycles. The van der Waals surface area contributed by atoms with Crippen LogP contribution in [-0.2, 0) is 16.6 Å². The largest absolute Gasteiger partial charge is 0.366 e. The molecular weight excluding hydrogens is 310 g/mol. The fourth-order valence-corrected chi connectivity index (χ4v) is 4.21. The Morgan fingerprint density at radius 3 is 2.43 bits per heavy atom. The van der Waals surface area contributed by atoms with Crippen molar-refractivity contribution >= 4 is 15.8 Å². The second kappa shape index (κ2) is 6.68. The Morgan fingerprint density at radius 1 is 1.09 bits per heavy atom. The Kier molecular flexibility index (Phi) is 4.63. The van der Waals surface area contributed by atoms with Crippen LogP contribution in [0.4, 0.5) is 5.82 Å². The lowest BCUT2D eigenvalue weighted by Gasteiger charge is -2.15. The number of aromatic nitrogens is 1. The molecular formula is C17H21N3O2S. The van der Waals surface area contributed by atoms with E-state index in [0.717, 1.165) is 29.9 Å². The predicted octanol–water partition coefficient (Wildman–Crippen LogP) is 2.79. The van der Waals surface area contributed by atoms with Gasteiger partial charge in [-0.15, -0.1) is 0 Å². The third kappa shape index (κ3) is 3.71. The molecule has 0 radical (unpaired) electrons. The predicted molar refractivity (Wildman–Crippen MR) is 90.7 cm³/mol. The van der Waals surface area contributed by atoms with Crippen molar-refractivity contribution in [1.82, 2.24) is 9.29 Å². The minimum absolute atomic E-state index is 0.372. The van der Waals surface area contributed by atoms with Gasteiger partial charge in [0.2, 0.25) is 10.0 Å². The zero-order valence-electron chi connectivity index (χ0n) is 13.2. The van der Waals surface area contributed by atoms with Gasteiger partial charge in [-0.3, -0.25) is 0 Å². The normalized spacial score (nSPS) is 15.7. The number of pyridine rings is 1. The van der Waals surface area contributed by atoms with Gasteiger partial charge in [-0.05, 0) is 49.6 Å². The Balaban J connectivity index is 1.67. The lowest BCUT2D eigenvalue weighted by Crippen LogP contribution is -2.27. The van der Waals surface area contributed by atoms with Gasteiger partial charge in [0.1, 0.15) is 5.82 Å². The molecule has 0 spiro atoms. The number of sulfonamides is 1. The van der Waals surface area contributed by atoms with E-state index in [9.17, 15) is 8.42 Å². The van der Waals surface area contributed by atoms with Crippen LogP contribution in [0.5, 0.6) is 0 Å².